The van der Waals surface area contributed by atoms with Crippen LogP contribution in [0.4, 0.5) is 29.2 Å². The summed E-state index contributed by atoms with van der Waals surface area (Å²) in [6, 6.07) is 13.4. The minimum absolute atomic E-state index is 0.0172. The van der Waals surface area contributed by atoms with Crippen LogP contribution in [0.15, 0.2) is 71.7 Å². The van der Waals surface area contributed by atoms with Crippen LogP contribution in [0.25, 0.3) is 27.9 Å². The third-order valence-electron chi connectivity index (χ3n) is 4.84. The van der Waals surface area contributed by atoms with E-state index in [4.69, 9.17) is 0 Å². The SMILES string of the molecule is O=c1nccccc1Nc1nc2c(C(F)(F)F)cccc2c2nc(-c3ccc(F)cc3)nn12. The molecule has 5 aromatic rings. The lowest BCUT2D eigenvalue weighted by atomic mass is 10.1. The zero-order chi connectivity index (χ0) is 23.2. The number of aromatic nitrogens is 5. The van der Waals surface area contributed by atoms with E-state index in [1.54, 1.807) is 6.07 Å². The second-order valence-electron chi connectivity index (χ2n) is 6.99. The van der Waals surface area contributed by atoms with Gasteiger partial charge in [-0.05, 0) is 48.5 Å². The first-order valence-electron chi connectivity index (χ1n) is 9.56. The summed E-state index contributed by atoms with van der Waals surface area (Å²) in [5, 5.41) is 7.18. The predicted octanol–water partition coefficient (Wildman–Crippen LogP) is 4.60. The van der Waals surface area contributed by atoms with Crippen molar-refractivity contribution in [1.29, 1.82) is 0 Å². The Morgan fingerprint density at radius 3 is 2.45 bits per heavy atom. The van der Waals surface area contributed by atoms with Gasteiger partial charge in [0.1, 0.15) is 11.5 Å². The van der Waals surface area contributed by atoms with Crippen LogP contribution in [0.2, 0.25) is 0 Å². The van der Waals surface area contributed by atoms with Crippen LogP contribution in [0, 0.1) is 5.82 Å². The topological polar surface area (TPSA) is 85.1 Å². The van der Waals surface area contributed by atoms with Crippen molar-refractivity contribution >= 4 is 28.2 Å². The number of halogens is 4. The zero-order valence-electron chi connectivity index (χ0n) is 16.5. The molecule has 11 heteroatoms. The molecule has 0 aliphatic carbocycles. The van der Waals surface area contributed by atoms with E-state index in [1.807, 2.05) is 0 Å². The number of hydrogen-bond acceptors (Lipinski definition) is 6. The van der Waals surface area contributed by atoms with E-state index in [2.05, 4.69) is 25.4 Å². The van der Waals surface area contributed by atoms with Crippen LogP contribution in [-0.4, -0.2) is 24.6 Å². The van der Waals surface area contributed by atoms with Crippen molar-refractivity contribution < 1.29 is 17.6 Å². The van der Waals surface area contributed by atoms with Crippen LogP contribution < -0.4 is 10.9 Å². The summed E-state index contributed by atoms with van der Waals surface area (Å²) in [5.74, 6) is -0.483. The summed E-state index contributed by atoms with van der Waals surface area (Å²) in [4.78, 5) is 24.5. The van der Waals surface area contributed by atoms with E-state index in [-0.39, 0.29) is 34.0 Å². The third-order valence-corrected chi connectivity index (χ3v) is 4.84. The van der Waals surface area contributed by atoms with Crippen LogP contribution >= 0.6 is 0 Å². The van der Waals surface area contributed by atoms with Crippen LogP contribution in [0.1, 0.15) is 5.56 Å². The number of anilines is 2. The number of nitrogens with zero attached hydrogens (tertiary/aromatic N) is 5. The number of benzene rings is 2. The number of nitrogens with one attached hydrogen (secondary N) is 1. The molecule has 0 unspecified atom stereocenters. The van der Waals surface area contributed by atoms with Gasteiger partial charge in [0.05, 0.1) is 11.1 Å². The average molecular weight is 452 g/mol. The molecule has 0 radical (unpaired) electrons. The molecular weight excluding hydrogens is 440 g/mol. The van der Waals surface area contributed by atoms with Crippen molar-refractivity contribution in [3.8, 4) is 11.4 Å². The van der Waals surface area contributed by atoms with E-state index >= 15 is 0 Å². The smallest absolute Gasteiger partial charge is 0.319 e. The highest BCUT2D eigenvalue weighted by molar-refractivity contribution is 5.95. The minimum Gasteiger partial charge on any atom is -0.319 e. The molecule has 0 fully saturated rings. The molecule has 0 bridgehead atoms. The van der Waals surface area contributed by atoms with Gasteiger partial charge in [0.15, 0.2) is 11.5 Å². The molecule has 33 heavy (non-hydrogen) atoms. The highest BCUT2D eigenvalue weighted by atomic mass is 19.4. The van der Waals surface area contributed by atoms with E-state index in [9.17, 15) is 22.4 Å². The van der Waals surface area contributed by atoms with Crippen molar-refractivity contribution in [1.82, 2.24) is 24.6 Å². The van der Waals surface area contributed by atoms with E-state index in [1.165, 1.54) is 59.2 Å². The number of rotatable bonds is 3. The van der Waals surface area contributed by atoms with Gasteiger partial charge in [0.25, 0.3) is 5.56 Å². The molecule has 0 aliphatic rings. The van der Waals surface area contributed by atoms with Gasteiger partial charge in [-0.15, -0.1) is 5.10 Å². The van der Waals surface area contributed by atoms with E-state index < -0.39 is 23.1 Å². The maximum atomic E-state index is 13.7. The minimum atomic E-state index is -4.67. The fourth-order valence-electron chi connectivity index (χ4n) is 3.33. The van der Waals surface area contributed by atoms with E-state index in [0.29, 0.717) is 5.56 Å². The number of alkyl halides is 3. The summed E-state index contributed by atoms with van der Waals surface area (Å²) >= 11 is 0. The Balaban J connectivity index is 1.82. The summed E-state index contributed by atoms with van der Waals surface area (Å²) in [6.07, 6.45) is -3.38. The maximum Gasteiger partial charge on any atom is 0.418 e. The fourth-order valence-corrected chi connectivity index (χ4v) is 3.33. The summed E-state index contributed by atoms with van der Waals surface area (Å²) in [7, 11) is 0. The molecule has 3 heterocycles. The first-order valence-corrected chi connectivity index (χ1v) is 9.56. The molecule has 7 nitrogen and oxygen atoms in total. The quantitative estimate of drug-likeness (QED) is 0.403. The normalized spacial score (nSPS) is 11.8. The van der Waals surface area contributed by atoms with Gasteiger partial charge in [-0.3, -0.25) is 4.79 Å². The van der Waals surface area contributed by atoms with Gasteiger partial charge >= 0.3 is 6.18 Å². The van der Waals surface area contributed by atoms with Crippen molar-refractivity contribution in [3.63, 3.8) is 0 Å². The Hall–Kier alpha value is -4.41. The first-order chi connectivity index (χ1) is 15.8. The highest BCUT2D eigenvalue weighted by Crippen LogP contribution is 2.36. The second kappa shape index (κ2) is 7.62. The molecule has 0 saturated heterocycles. The third kappa shape index (κ3) is 3.73. The Labute approximate surface area is 182 Å². The van der Waals surface area contributed by atoms with Crippen LogP contribution in [0.3, 0.4) is 0 Å². The van der Waals surface area contributed by atoms with Crippen LogP contribution in [0.5, 0.6) is 0 Å². The zero-order valence-corrected chi connectivity index (χ0v) is 16.5. The average Bonchev–Trinajstić information content (AvgIpc) is 3.13. The molecule has 0 amide bonds. The summed E-state index contributed by atoms with van der Waals surface area (Å²) in [5.41, 5.74) is -1.46. The molecule has 5 rings (SSSR count). The Kier molecular flexibility index (Phi) is 4.73. The Bertz CT molecular complexity index is 1560. The van der Waals surface area contributed by atoms with Crippen LogP contribution in [-0.2, 0) is 6.18 Å². The Morgan fingerprint density at radius 1 is 0.909 bits per heavy atom. The van der Waals surface area contributed by atoms with Gasteiger partial charge in [-0.25, -0.2) is 19.3 Å². The molecule has 0 atom stereocenters. The number of para-hydroxylation sites is 1. The lowest BCUT2D eigenvalue weighted by molar-refractivity contribution is -0.136. The summed E-state index contributed by atoms with van der Waals surface area (Å²) < 4.78 is 55.6. The maximum absolute atomic E-state index is 13.7. The molecule has 164 valence electrons. The molecular formula is C22H12F4N6O. The summed E-state index contributed by atoms with van der Waals surface area (Å²) in [6.45, 7) is 0. The van der Waals surface area contributed by atoms with Gasteiger partial charge < -0.3 is 5.32 Å². The highest BCUT2D eigenvalue weighted by Gasteiger charge is 2.34. The van der Waals surface area contributed by atoms with Crippen molar-refractivity contribution in [2.75, 3.05) is 5.32 Å². The number of hydrogen-bond donors (Lipinski definition) is 1. The molecule has 1 N–H and O–H groups in total. The number of fused-ring (bicyclic) bond motifs is 3. The molecule has 0 saturated carbocycles. The second-order valence-corrected chi connectivity index (χ2v) is 6.99. The largest absolute Gasteiger partial charge is 0.418 e. The van der Waals surface area contributed by atoms with Crippen molar-refractivity contribution in [2.24, 2.45) is 0 Å². The fraction of sp³-hybridized carbons (Fsp3) is 0.0455. The lowest BCUT2D eigenvalue weighted by Gasteiger charge is -2.12. The van der Waals surface area contributed by atoms with Gasteiger partial charge in [-0.1, -0.05) is 12.1 Å². The monoisotopic (exact) mass is 452 g/mol. The van der Waals surface area contributed by atoms with E-state index in [0.717, 1.165) is 6.07 Å². The standard InChI is InChI=1S/C22H12F4N6O/c23-13-9-7-12(8-10-13)18-30-19-14-4-3-5-15(22(24,25)26)17(14)29-21(32(19)31-18)28-16-6-1-2-11-27-20(16)33/h1-11H,(H,27,28,29,33). The molecule has 2 aromatic carbocycles. The predicted molar refractivity (Wildman–Crippen MR) is 112 cm³/mol. The van der Waals surface area contributed by atoms with Crippen molar-refractivity contribution in [3.05, 3.63) is 88.6 Å². The molecule has 3 aromatic heterocycles. The van der Waals surface area contributed by atoms with Crippen molar-refractivity contribution in [2.45, 2.75) is 6.18 Å². The lowest BCUT2D eigenvalue weighted by Crippen LogP contribution is -2.13. The van der Waals surface area contributed by atoms with Gasteiger partial charge in [0, 0.05) is 17.1 Å². The van der Waals surface area contributed by atoms with Gasteiger partial charge in [0.2, 0.25) is 5.95 Å². The Morgan fingerprint density at radius 2 is 1.70 bits per heavy atom. The first kappa shape index (κ1) is 20.5. The van der Waals surface area contributed by atoms with Gasteiger partial charge in [-0.2, -0.15) is 17.7 Å². The molecule has 0 spiro atoms. The molecule has 0 aliphatic heterocycles.